The van der Waals surface area contributed by atoms with Crippen LogP contribution in [-0.4, -0.2) is 63.8 Å². The highest BCUT2D eigenvalue weighted by atomic mass is 28.5. The van der Waals surface area contributed by atoms with Crippen LogP contribution >= 0.6 is 0 Å². The highest BCUT2D eigenvalue weighted by molar-refractivity contribution is 6.90. The molecule has 13 heteroatoms. The quantitative estimate of drug-likeness (QED) is 0.394. The van der Waals surface area contributed by atoms with Crippen molar-refractivity contribution in [2.45, 2.75) is 79.1 Å². The molecule has 0 heterocycles. The summed E-state index contributed by atoms with van der Waals surface area (Å²) < 4.78 is 37.3. The normalized spacial score (nSPS) is 18.2. The Kier molecular flexibility index (Phi) is 10.5. The first-order chi connectivity index (χ1) is 11.4. The third kappa shape index (κ3) is 12.4. The Morgan fingerprint density at radius 2 is 1.12 bits per heavy atom. The van der Waals surface area contributed by atoms with Crippen LogP contribution < -0.4 is 0 Å². The zero-order chi connectivity index (χ0) is 20.9. The Labute approximate surface area is 168 Å². The van der Waals surface area contributed by atoms with Gasteiger partial charge in [-0.3, -0.25) is 0 Å². The molecule has 0 amide bonds. The van der Waals surface area contributed by atoms with Crippen molar-refractivity contribution in [3.05, 3.63) is 0 Å². The molecule has 0 bridgehead atoms. The molecule has 2 atom stereocenters. The van der Waals surface area contributed by atoms with Gasteiger partial charge < -0.3 is 25.5 Å². The fourth-order valence-electron chi connectivity index (χ4n) is 2.82. The van der Waals surface area contributed by atoms with Crippen molar-refractivity contribution in [3.8, 4) is 0 Å². The Bertz CT molecular complexity index is 434. The van der Waals surface area contributed by atoms with Crippen molar-refractivity contribution in [1.29, 1.82) is 0 Å². The van der Waals surface area contributed by atoms with Gasteiger partial charge >= 0.3 is 25.9 Å². The maximum absolute atomic E-state index is 6.56. The van der Waals surface area contributed by atoms with Gasteiger partial charge in [0, 0.05) is 6.55 Å². The molecule has 0 aliphatic rings. The fraction of sp³-hybridized carbons (Fsp3) is 1.00. The predicted molar refractivity (Wildman–Crippen MR) is 122 cm³/mol. The first kappa shape index (κ1) is 27.0. The van der Waals surface area contributed by atoms with Gasteiger partial charge in [0.1, 0.15) is 0 Å². The van der Waals surface area contributed by atoms with Crippen LogP contribution in [0.3, 0.4) is 0 Å². The lowest BCUT2D eigenvalue weighted by molar-refractivity contribution is 0.210. The van der Waals surface area contributed by atoms with Crippen LogP contribution in [0, 0.1) is 0 Å². The third-order valence-corrected chi connectivity index (χ3v) is 19.4. The standard InChI is InChI=1S/C13H38B2O6Si5/c1-14-16-13-25(11,20-24(9,10)18-22(3,4)5)21-26(12,17-15-2)19-23(6,7)8/h13H2,1-12H3. The summed E-state index contributed by atoms with van der Waals surface area (Å²) in [5.74, 6) is 0. The minimum atomic E-state index is -2.90. The maximum atomic E-state index is 6.56. The molecule has 2 radical (unpaired) electrons. The Hall–Kier alpha value is 0.974. The second kappa shape index (κ2) is 10.1. The molecule has 0 saturated heterocycles. The Balaban J connectivity index is 5.53. The van der Waals surface area contributed by atoms with E-state index < -0.39 is 42.6 Å². The molecule has 2 unspecified atom stereocenters. The van der Waals surface area contributed by atoms with Crippen LogP contribution in [0.25, 0.3) is 0 Å². The first-order valence-corrected chi connectivity index (χ1v) is 23.5. The molecule has 26 heavy (non-hydrogen) atoms. The number of hydrogen-bond donors (Lipinski definition) is 0. The number of hydrogen-bond acceptors (Lipinski definition) is 6. The van der Waals surface area contributed by atoms with Crippen molar-refractivity contribution < 1.29 is 25.5 Å². The summed E-state index contributed by atoms with van der Waals surface area (Å²) in [6, 6.07) is 0. The molecule has 0 fully saturated rings. The average molecular weight is 452 g/mol. The van der Waals surface area contributed by atoms with E-state index in [-0.39, 0.29) is 0 Å². The van der Waals surface area contributed by atoms with E-state index in [1.54, 1.807) is 15.0 Å². The van der Waals surface area contributed by atoms with E-state index in [2.05, 4.69) is 52.4 Å². The van der Waals surface area contributed by atoms with Crippen LogP contribution in [0.5, 0.6) is 0 Å². The SMILES string of the molecule is C[B]OC[Si](C)(O[Si](C)(C)O[Si](C)(C)C)O[Si](C)(O[B]C)O[Si](C)(C)C. The lowest BCUT2D eigenvalue weighted by Crippen LogP contribution is -2.63. The van der Waals surface area contributed by atoms with E-state index in [4.69, 9.17) is 25.5 Å². The molecule has 0 aromatic rings. The summed E-state index contributed by atoms with van der Waals surface area (Å²) in [5, 5.41) is 0. The highest BCUT2D eigenvalue weighted by Gasteiger charge is 2.50. The summed E-state index contributed by atoms with van der Waals surface area (Å²) >= 11 is 0. The molecule has 0 aromatic carbocycles. The molecule has 0 spiro atoms. The molecule has 0 aliphatic heterocycles. The van der Waals surface area contributed by atoms with E-state index in [1.165, 1.54) is 0 Å². The number of rotatable bonds is 13. The molecule has 0 N–H and O–H groups in total. The topological polar surface area (TPSA) is 55.4 Å². The van der Waals surface area contributed by atoms with Gasteiger partial charge in [0.2, 0.25) is 0 Å². The van der Waals surface area contributed by atoms with Gasteiger partial charge in [0.15, 0.2) is 16.6 Å². The molecule has 0 aromatic heterocycles. The van der Waals surface area contributed by atoms with Crippen molar-refractivity contribution in [3.63, 3.8) is 0 Å². The molecular formula is C13H38B2O6Si5. The molecule has 152 valence electrons. The van der Waals surface area contributed by atoms with Crippen LogP contribution in [-0.2, 0) is 25.5 Å². The second-order valence-corrected chi connectivity index (χ2v) is 28.0. The Morgan fingerprint density at radius 1 is 0.615 bits per heavy atom. The van der Waals surface area contributed by atoms with E-state index >= 15 is 0 Å². The summed E-state index contributed by atoms with van der Waals surface area (Å²) in [7, 11) is -8.33. The summed E-state index contributed by atoms with van der Waals surface area (Å²) in [6.07, 6.45) is 0.375. The molecular weight excluding hydrogens is 414 g/mol. The predicted octanol–water partition coefficient (Wildman–Crippen LogP) is 3.97. The van der Waals surface area contributed by atoms with Gasteiger partial charge in [-0.25, -0.2) is 0 Å². The molecule has 6 nitrogen and oxygen atoms in total. The summed E-state index contributed by atoms with van der Waals surface area (Å²) in [6.45, 7) is 24.7. The van der Waals surface area contributed by atoms with Gasteiger partial charge in [-0.05, 0) is 58.9 Å². The van der Waals surface area contributed by atoms with Gasteiger partial charge in [-0.15, -0.1) is 0 Å². The van der Waals surface area contributed by atoms with Crippen molar-refractivity contribution in [2.24, 2.45) is 0 Å². The van der Waals surface area contributed by atoms with Gasteiger partial charge in [0.05, 0.1) is 6.23 Å². The highest BCUT2D eigenvalue weighted by Crippen LogP contribution is 2.26. The van der Waals surface area contributed by atoms with Gasteiger partial charge in [-0.2, -0.15) is 0 Å². The monoisotopic (exact) mass is 452 g/mol. The molecule has 0 aliphatic carbocycles. The molecule has 0 saturated carbocycles. The van der Waals surface area contributed by atoms with Crippen molar-refractivity contribution >= 4 is 57.5 Å². The van der Waals surface area contributed by atoms with Crippen LogP contribution in [0.4, 0.5) is 0 Å². The van der Waals surface area contributed by atoms with Crippen LogP contribution in [0.2, 0.25) is 79.1 Å². The second-order valence-electron chi connectivity index (χ2n) is 8.93. The van der Waals surface area contributed by atoms with E-state index in [0.29, 0.717) is 6.23 Å². The van der Waals surface area contributed by atoms with Crippen molar-refractivity contribution in [1.82, 2.24) is 0 Å². The minimum Gasteiger partial charge on any atom is -0.441 e. The maximum Gasteiger partial charge on any atom is 0.463 e. The van der Waals surface area contributed by atoms with E-state index in [0.717, 1.165) is 0 Å². The lowest BCUT2D eigenvalue weighted by Gasteiger charge is -2.43. The first-order valence-electron chi connectivity index (χ1n) is 9.11. The van der Waals surface area contributed by atoms with Crippen LogP contribution in [0.1, 0.15) is 0 Å². The average Bonchev–Trinajstić information content (AvgIpc) is 2.29. The summed E-state index contributed by atoms with van der Waals surface area (Å²) in [4.78, 5) is 0. The zero-order valence-electron chi connectivity index (χ0n) is 18.8. The largest absolute Gasteiger partial charge is 0.463 e. The van der Waals surface area contributed by atoms with E-state index in [1.807, 2.05) is 26.7 Å². The zero-order valence-corrected chi connectivity index (χ0v) is 23.8. The summed E-state index contributed by atoms with van der Waals surface area (Å²) in [5.41, 5.74) is 0. The smallest absolute Gasteiger partial charge is 0.441 e. The Morgan fingerprint density at radius 3 is 1.50 bits per heavy atom. The van der Waals surface area contributed by atoms with Gasteiger partial charge in [0.25, 0.3) is 15.0 Å². The van der Waals surface area contributed by atoms with Gasteiger partial charge in [-0.1, -0.05) is 13.6 Å². The fourth-order valence-corrected chi connectivity index (χ4v) is 23.8. The third-order valence-electron chi connectivity index (χ3n) is 2.75. The van der Waals surface area contributed by atoms with E-state index in [9.17, 15) is 0 Å². The van der Waals surface area contributed by atoms with Crippen molar-refractivity contribution in [2.75, 3.05) is 6.23 Å². The van der Waals surface area contributed by atoms with Crippen LogP contribution in [0.15, 0.2) is 0 Å². The molecule has 0 rings (SSSR count). The minimum absolute atomic E-state index is 0.375. The lowest BCUT2D eigenvalue weighted by atomic mass is 10.1.